The molecule has 0 radical (unpaired) electrons. The van der Waals surface area contributed by atoms with Gasteiger partial charge in [0.05, 0.1) is 20.8 Å². The van der Waals surface area contributed by atoms with E-state index in [1.54, 1.807) is 14.2 Å². The molecule has 27 heavy (non-hydrogen) atoms. The van der Waals surface area contributed by atoms with Gasteiger partial charge in [0.2, 0.25) is 0 Å². The van der Waals surface area contributed by atoms with E-state index in [2.05, 4.69) is 11.9 Å². The Hall–Kier alpha value is -2.21. The molecule has 0 bridgehead atoms. The Morgan fingerprint density at radius 3 is 2.89 bits per heavy atom. The van der Waals surface area contributed by atoms with E-state index in [0.717, 1.165) is 56.7 Å². The maximum absolute atomic E-state index is 12.6. The first-order valence-corrected chi connectivity index (χ1v) is 9.56. The molecule has 0 aliphatic carbocycles. The SMILES string of the molecule is C=CCc1cc(CNC(=O)N2CCC3(CCCOC3)C2)cc(OC)c1OC. The molecule has 2 saturated heterocycles. The van der Waals surface area contributed by atoms with Crippen LogP contribution in [-0.4, -0.2) is 51.5 Å². The van der Waals surface area contributed by atoms with Crippen LogP contribution in [0, 0.1) is 5.41 Å². The predicted octanol–water partition coefficient (Wildman–Crippen LogP) is 3.14. The molecule has 0 saturated carbocycles. The summed E-state index contributed by atoms with van der Waals surface area (Å²) in [5.74, 6) is 1.38. The van der Waals surface area contributed by atoms with Gasteiger partial charge in [-0.15, -0.1) is 6.58 Å². The fraction of sp³-hybridized carbons (Fsp3) is 0.571. The van der Waals surface area contributed by atoms with Crippen LogP contribution in [0.5, 0.6) is 11.5 Å². The third-order valence-corrected chi connectivity index (χ3v) is 5.55. The van der Waals surface area contributed by atoms with Crippen molar-refractivity contribution in [3.8, 4) is 11.5 Å². The molecular weight excluding hydrogens is 344 g/mol. The van der Waals surface area contributed by atoms with Crippen molar-refractivity contribution in [2.45, 2.75) is 32.2 Å². The average molecular weight is 374 g/mol. The Balaban J connectivity index is 1.63. The molecular formula is C21H30N2O4. The summed E-state index contributed by atoms with van der Waals surface area (Å²) in [6.07, 6.45) is 5.77. The largest absolute Gasteiger partial charge is 0.493 e. The number of nitrogens with one attached hydrogen (secondary N) is 1. The zero-order valence-corrected chi connectivity index (χ0v) is 16.4. The van der Waals surface area contributed by atoms with Gasteiger partial charge in [0.15, 0.2) is 11.5 Å². The lowest BCUT2D eigenvalue weighted by Gasteiger charge is -2.32. The van der Waals surface area contributed by atoms with Crippen molar-refractivity contribution in [2.75, 3.05) is 40.5 Å². The van der Waals surface area contributed by atoms with Crippen molar-refractivity contribution >= 4 is 6.03 Å². The van der Waals surface area contributed by atoms with Crippen LogP contribution in [0.2, 0.25) is 0 Å². The van der Waals surface area contributed by atoms with Gasteiger partial charge >= 0.3 is 6.03 Å². The highest BCUT2D eigenvalue weighted by molar-refractivity contribution is 5.74. The van der Waals surface area contributed by atoms with E-state index >= 15 is 0 Å². The first-order valence-electron chi connectivity index (χ1n) is 9.56. The first-order chi connectivity index (χ1) is 13.1. The molecule has 1 spiro atoms. The minimum atomic E-state index is -0.0162. The predicted molar refractivity (Wildman–Crippen MR) is 104 cm³/mol. The molecule has 0 aromatic heterocycles. The summed E-state index contributed by atoms with van der Waals surface area (Å²) in [5.41, 5.74) is 2.14. The molecule has 6 heteroatoms. The maximum Gasteiger partial charge on any atom is 0.317 e. The van der Waals surface area contributed by atoms with Crippen LogP contribution in [0.4, 0.5) is 4.79 Å². The van der Waals surface area contributed by atoms with Crippen molar-refractivity contribution in [3.05, 3.63) is 35.9 Å². The van der Waals surface area contributed by atoms with Gasteiger partial charge in [0.25, 0.3) is 0 Å². The number of hydrogen-bond acceptors (Lipinski definition) is 4. The standard InChI is InChI=1S/C21H30N2O4/c1-4-6-17-11-16(12-18(25-2)19(17)26-3)13-22-20(24)23-9-8-21(14-23)7-5-10-27-15-21/h4,11-12H,1,5-10,13-15H2,2-3H3,(H,22,24). The Labute approximate surface area is 161 Å². The zero-order chi connectivity index (χ0) is 19.3. The normalized spacial score (nSPS) is 21.9. The van der Waals surface area contributed by atoms with Crippen LogP contribution in [0.25, 0.3) is 0 Å². The fourth-order valence-electron chi connectivity index (χ4n) is 4.15. The van der Waals surface area contributed by atoms with Crippen molar-refractivity contribution in [1.29, 1.82) is 0 Å². The molecule has 1 atom stereocenters. The van der Waals surface area contributed by atoms with Crippen LogP contribution < -0.4 is 14.8 Å². The van der Waals surface area contributed by atoms with Gasteiger partial charge in [0.1, 0.15) is 0 Å². The topological polar surface area (TPSA) is 60.0 Å². The van der Waals surface area contributed by atoms with Gasteiger partial charge in [-0.3, -0.25) is 0 Å². The number of likely N-dealkylation sites (tertiary alicyclic amines) is 1. The fourth-order valence-corrected chi connectivity index (χ4v) is 4.15. The lowest BCUT2D eigenvalue weighted by molar-refractivity contribution is -0.000438. The zero-order valence-electron chi connectivity index (χ0n) is 16.4. The number of urea groups is 1. The summed E-state index contributed by atoms with van der Waals surface area (Å²) in [6, 6.07) is 3.92. The highest BCUT2D eigenvalue weighted by atomic mass is 16.5. The van der Waals surface area contributed by atoms with Crippen LogP contribution in [-0.2, 0) is 17.7 Å². The molecule has 1 N–H and O–H groups in total. The van der Waals surface area contributed by atoms with E-state index in [4.69, 9.17) is 14.2 Å². The Morgan fingerprint density at radius 1 is 1.37 bits per heavy atom. The summed E-state index contributed by atoms with van der Waals surface area (Å²) >= 11 is 0. The summed E-state index contributed by atoms with van der Waals surface area (Å²) in [6.45, 7) is 7.45. The number of methoxy groups -OCH3 is 2. The highest BCUT2D eigenvalue weighted by Gasteiger charge is 2.41. The number of carbonyl (C=O) groups is 1. The smallest absolute Gasteiger partial charge is 0.317 e. The molecule has 2 aliphatic heterocycles. The van der Waals surface area contributed by atoms with Crippen LogP contribution in [0.3, 0.4) is 0 Å². The number of hydrogen-bond donors (Lipinski definition) is 1. The van der Waals surface area contributed by atoms with E-state index in [1.165, 1.54) is 0 Å². The van der Waals surface area contributed by atoms with Crippen molar-refractivity contribution in [3.63, 3.8) is 0 Å². The second-order valence-corrected chi connectivity index (χ2v) is 7.47. The van der Waals surface area contributed by atoms with Gasteiger partial charge < -0.3 is 24.4 Å². The molecule has 2 heterocycles. The quantitative estimate of drug-likeness (QED) is 0.777. The number of allylic oxidation sites excluding steroid dienone is 1. The molecule has 6 nitrogen and oxygen atoms in total. The van der Waals surface area contributed by atoms with E-state index in [-0.39, 0.29) is 11.4 Å². The van der Waals surface area contributed by atoms with E-state index in [9.17, 15) is 4.79 Å². The van der Waals surface area contributed by atoms with E-state index < -0.39 is 0 Å². The van der Waals surface area contributed by atoms with Gasteiger partial charge in [-0.1, -0.05) is 6.08 Å². The van der Waals surface area contributed by atoms with Gasteiger partial charge in [-0.25, -0.2) is 4.79 Å². The van der Waals surface area contributed by atoms with Gasteiger partial charge in [-0.05, 0) is 43.4 Å². The lowest BCUT2D eigenvalue weighted by atomic mass is 9.82. The van der Waals surface area contributed by atoms with Gasteiger partial charge in [-0.2, -0.15) is 0 Å². The summed E-state index contributed by atoms with van der Waals surface area (Å²) in [5, 5.41) is 3.04. The Morgan fingerprint density at radius 2 is 2.22 bits per heavy atom. The molecule has 1 unspecified atom stereocenters. The number of carbonyl (C=O) groups excluding carboxylic acids is 1. The number of benzene rings is 1. The molecule has 2 aliphatic rings. The summed E-state index contributed by atoms with van der Waals surface area (Å²) in [4.78, 5) is 14.6. The van der Waals surface area contributed by atoms with Crippen LogP contribution in [0.1, 0.15) is 30.4 Å². The third-order valence-electron chi connectivity index (χ3n) is 5.55. The minimum Gasteiger partial charge on any atom is -0.493 e. The number of amides is 2. The first kappa shape index (κ1) is 19.5. The minimum absolute atomic E-state index is 0.0162. The molecule has 1 aromatic carbocycles. The summed E-state index contributed by atoms with van der Waals surface area (Å²) in [7, 11) is 3.25. The second kappa shape index (κ2) is 8.65. The number of rotatable bonds is 6. The highest BCUT2D eigenvalue weighted by Crippen LogP contribution is 2.38. The van der Waals surface area contributed by atoms with Gasteiger partial charge in [0, 0.05) is 37.2 Å². The third kappa shape index (κ3) is 4.38. The van der Waals surface area contributed by atoms with E-state index in [1.807, 2.05) is 23.1 Å². The molecule has 3 rings (SSSR count). The number of nitrogens with zero attached hydrogens (tertiary/aromatic N) is 1. The van der Waals surface area contributed by atoms with Crippen molar-refractivity contribution < 1.29 is 19.0 Å². The Bertz CT molecular complexity index is 683. The number of ether oxygens (including phenoxy) is 3. The maximum atomic E-state index is 12.6. The van der Waals surface area contributed by atoms with Crippen LogP contribution >= 0.6 is 0 Å². The van der Waals surface area contributed by atoms with Crippen molar-refractivity contribution in [1.82, 2.24) is 10.2 Å². The second-order valence-electron chi connectivity index (χ2n) is 7.47. The van der Waals surface area contributed by atoms with Crippen LogP contribution in [0.15, 0.2) is 24.8 Å². The molecule has 148 valence electrons. The van der Waals surface area contributed by atoms with E-state index in [0.29, 0.717) is 24.5 Å². The lowest BCUT2D eigenvalue weighted by Crippen LogP contribution is -2.41. The molecule has 2 fully saturated rings. The Kier molecular flexibility index (Phi) is 6.26. The monoisotopic (exact) mass is 374 g/mol. The molecule has 2 amide bonds. The summed E-state index contributed by atoms with van der Waals surface area (Å²) < 4.78 is 16.6. The average Bonchev–Trinajstić information content (AvgIpc) is 3.09. The molecule has 1 aromatic rings. The van der Waals surface area contributed by atoms with Crippen molar-refractivity contribution in [2.24, 2.45) is 5.41 Å².